The van der Waals surface area contributed by atoms with Crippen molar-refractivity contribution in [3.8, 4) is 5.75 Å². The fourth-order valence-corrected chi connectivity index (χ4v) is 2.20. The summed E-state index contributed by atoms with van der Waals surface area (Å²) in [7, 11) is 0. The molecule has 2 aromatic carbocycles. The molecule has 2 rings (SSSR count). The third-order valence-corrected chi connectivity index (χ3v) is 3.17. The van der Waals surface area contributed by atoms with Gasteiger partial charge < -0.3 is 10.5 Å². The number of rotatable bonds is 4. The molecule has 2 aromatic rings. The molecular weight excluding hydrogens is 304 g/mol. The third kappa shape index (κ3) is 3.21. The molecule has 0 atom stereocenters. The molecule has 6 heteroatoms. The number of hydrogen-bond acceptors (Lipinski definition) is 2. The first-order valence-corrected chi connectivity index (χ1v) is 6.39. The van der Waals surface area contributed by atoms with Crippen LogP contribution >= 0.6 is 23.2 Å². The summed E-state index contributed by atoms with van der Waals surface area (Å²) < 4.78 is 18.9. The Hall–Kier alpha value is -1.78. The smallest absolute Gasteiger partial charge is 0.248 e. The topological polar surface area (TPSA) is 52.3 Å². The lowest BCUT2D eigenvalue weighted by Gasteiger charge is -2.11. The Labute approximate surface area is 125 Å². The monoisotopic (exact) mass is 313 g/mol. The molecule has 104 valence electrons. The van der Waals surface area contributed by atoms with Gasteiger partial charge in [-0.2, -0.15) is 0 Å². The van der Waals surface area contributed by atoms with Gasteiger partial charge in [-0.15, -0.1) is 0 Å². The number of nitrogens with two attached hydrogens (primary N) is 1. The van der Waals surface area contributed by atoms with E-state index in [-0.39, 0.29) is 33.8 Å². The van der Waals surface area contributed by atoms with Crippen LogP contribution in [0.4, 0.5) is 4.39 Å². The second kappa shape index (κ2) is 6.11. The van der Waals surface area contributed by atoms with E-state index in [9.17, 15) is 9.18 Å². The van der Waals surface area contributed by atoms with Gasteiger partial charge in [-0.1, -0.05) is 41.4 Å². The quantitative estimate of drug-likeness (QED) is 0.933. The van der Waals surface area contributed by atoms with Gasteiger partial charge in [-0.05, 0) is 18.2 Å². The highest BCUT2D eigenvalue weighted by Gasteiger charge is 2.13. The summed E-state index contributed by atoms with van der Waals surface area (Å²) in [5.41, 5.74) is 5.69. The Bertz CT molecular complexity index is 638. The van der Waals surface area contributed by atoms with Crippen LogP contribution in [0.5, 0.6) is 5.75 Å². The first-order chi connectivity index (χ1) is 9.49. The molecule has 0 aliphatic carbocycles. The zero-order valence-electron chi connectivity index (χ0n) is 10.2. The average Bonchev–Trinajstić information content (AvgIpc) is 2.39. The molecule has 2 N–H and O–H groups in total. The van der Waals surface area contributed by atoms with Crippen molar-refractivity contribution in [1.29, 1.82) is 0 Å². The van der Waals surface area contributed by atoms with Crippen molar-refractivity contribution >= 4 is 29.1 Å². The summed E-state index contributed by atoms with van der Waals surface area (Å²) >= 11 is 11.9. The highest BCUT2D eigenvalue weighted by atomic mass is 35.5. The van der Waals surface area contributed by atoms with E-state index in [0.29, 0.717) is 5.56 Å². The van der Waals surface area contributed by atoms with Crippen molar-refractivity contribution in [2.45, 2.75) is 6.61 Å². The van der Waals surface area contributed by atoms with Crippen LogP contribution in [-0.4, -0.2) is 5.91 Å². The minimum atomic E-state index is -0.644. The maximum atomic E-state index is 13.5. The van der Waals surface area contributed by atoms with Gasteiger partial charge in [0, 0.05) is 11.1 Å². The van der Waals surface area contributed by atoms with Crippen LogP contribution in [0.2, 0.25) is 10.0 Å². The molecule has 0 bridgehead atoms. The Morgan fingerprint density at radius 3 is 2.35 bits per heavy atom. The number of primary amides is 1. The van der Waals surface area contributed by atoms with Gasteiger partial charge in [0.2, 0.25) is 5.91 Å². The predicted octanol–water partition coefficient (Wildman–Crippen LogP) is 3.81. The van der Waals surface area contributed by atoms with E-state index < -0.39 is 5.91 Å². The van der Waals surface area contributed by atoms with Crippen molar-refractivity contribution in [3.63, 3.8) is 0 Å². The largest absolute Gasteiger partial charge is 0.486 e. The normalized spacial score (nSPS) is 10.3. The lowest BCUT2D eigenvalue weighted by atomic mass is 10.2. The Balaban J connectivity index is 2.22. The predicted molar refractivity (Wildman–Crippen MR) is 75.7 cm³/mol. The van der Waals surface area contributed by atoms with Crippen LogP contribution in [0, 0.1) is 5.82 Å². The average molecular weight is 314 g/mol. The fraction of sp³-hybridized carbons (Fsp3) is 0.0714. The number of amides is 1. The van der Waals surface area contributed by atoms with Crippen LogP contribution in [0.15, 0.2) is 36.4 Å². The van der Waals surface area contributed by atoms with Gasteiger partial charge >= 0.3 is 0 Å². The van der Waals surface area contributed by atoms with Crippen molar-refractivity contribution in [2.75, 3.05) is 0 Å². The van der Waals surface area contributed by atoms with Crippen LogP contribution in [0.1, 0.15) is 15.9 Å². The Morgan fingerprint density at radius 2 is 1.80 bits per heavy atom. The standard InChI is InChI=1S/C14H10Cl2FNO2/c15-10-5-9(14(18)19)6-11(16)13(10)20-7-8-3-1-2-4-12(8)17/h1-6H,7H2,(H2,18,19). The molecule has 0 aliphatic heterocycles. The van der Waals surface area contributed by atoms with Crippen LogP contribution < -0.4 is 10.5 Å². The van der Waals surface area contributed by atoms with E-state index in [1.165, 1.54) is 18.2 Å². The second-order valence-corrected chi connectivity index (χ2v) is 4.83. The summed E-state index contributed by atoms with van der Waals surface area (Å²) in [6.45, 7) is -0.0258. The Morgan fingerprint density at radius 1 is 1.20 bits per heavy atom. The summed E-state index contributed by atoms with van der Waals surface area (Å²) in [5, 5.41) is 0.283. The zero-order chi connectivity index (χ0) is 14.7. The minimum Gasteiger partial charge on any atom is -0.486 e. The Kier molecular flexibility index (Phi) is 4.47. The van der Waals surface area contributed by atoms with Gasteiger partial charge in [-0.3, -0.25) is 4.79 Å². The maximum absolute atomic E-state index is 13.5. The van der Waals surface area contributed by atoms with E-state index >= 15 is 0 Å². The molecule has 0 aromatic heterocycles. The number of carbonyl (C=O) groups is 1. The molecule has 0 heterocycles. The summed E-state index contributed by atoms with van der Waals surface area (Å²) in [6.07, 6.45) is 0. The zero-order valence-corrected chi connectivity index (χ0v) is 11.7. The fourth-order valence-electron chi connectivity index (χ4n) is 1.61. The lowest BCUT2D eigenvalue weighted by Crippen LogP contribution is -2.11. The first kappa shape index (κ1) is 14.6. The van der Waals surface area contributed by atoms with Crippen LogP contribution in [-0.2, 0) is 6.61 Å². The maximum Gasteiger partial charge on any atom is 0.248 e. The van der Waals surface area contributed by atoms with Gasteiger partial charge in [-0.25, -0.2) is 4.39 Å². The molecule has 1 amide bonds. The first-order valence-electron chi connectivity index (χ1n) is 5.64. The third-order valence-electron chi connectivity index (χ3n) is 2.61. The molecule has 0 aliphatic rings. The van der Waals surface area contributed by atoms with E-state index in [2.05, 4.69) is 0 Å². The number of benzene rings is 2. The van der Waals surface area contributed by atoms with Gasteiger partial charge in [0.1, 0.15) is 12.4 Å². The van der Waals surface area contributed by atoms with Crippen molar-refractivity contribution in [3.05, 3.63) is 63.4 Å². The van der Waals surface area contributed by atoms with Crippen molar-refractivity contribution in [1.82, 2.24) is 0 Å². The van der Waals surface area contributed by atoms with Crippen LogP contribution in [0.3, 0.4) is 0 Å². The number of halogens is 3. The number of carbonyl (C=O) groups excluding carboxylic acids is 1. The highest BCUT2D eigenvalue weighted by Crippen LogP contribution is 2.34. The molecule has 20 heavy (non-hydrogen) atoms. The number of ether oxygens (including phenoxy) is 1. The van der Waals surface area contributed by atoms with Gasteiger partial charge in [0.15, 0.2) is 5.75 Å². The molecule has 0 unspecified atom stereocenters. The molecule has 0 radical (unpaired) electrons. The van der Waals surface area contributed by atoms with Crippen molar-refractivity contribution in [2.24, 2.45) is 5.73 Å². The van der Waals surface area contributed by atoms with E-state index in [0.717, 1.165) is 0 Å². The second-order valence-electron chi connectivity index (χ2n) is 4.01. The molecule has 0 fully saturated rings. The minimum absolute atomic E-state index is 0.0258. The lowest BCUT2D eigenvalue weighted by molar-refractivity contribution is 0.1000. The molecule has 0 saturated carbocycles. The van der Waals surface area contributed by atoms with Crippen LogP contribution in [0.25, 0.3) is 0 Å². The van der Waals surface area contributed by atoms with E-state index in [1.54, 1.807) is 18.2 Å². The van der Waals surface area contributed by atoms with Crippen molar-refractivity contribution < 1.29 is 13.9 Å². The molecular formula is C14H10Cl2FNO2. The van der Waals surface area contributed by atoms with Gasteiger partial charge in [0.25, 0.3) is 0 Å². The molecule has 0 saturated heterocycles. The molecule has 3 nitrogen and oxygen atoms in total. The highest BCUT2D eigenvalue weighted by molar-refractivity contribution is 6.37. The summed E-state index contributed by atoms with van der Waals surface area (Å²) in [4.78, 5) is 11.1. The van der Waals surface area contributed by atoms with E-state index in [1.807, 2.05) is 0 Å². The number of hydrogen-bond donors (Lipinski definition) is 1. The summed E-state index contributed by atoms with van der Waals surface area (Å²) in [6, 6.07) is 8.91. The SMILES string of the molecule is NC(=O)c1cc(Cl)c(OCc2ccccc2F)c(Cl)c1. The molecule has 0 spiro atoms. The van der Waals surface area contributed by atoms with E-state index in [4.69, 9.17) is 33.7 Å². The van der Waals surface area contributed by atoms with Gasteiger partial charge in [0.05, 0.1) is 10.0 Å². The summed E-state index contributed by atoms with van der Waals surface area (Å²) in [5.74, 6) is -0.843.